The lowest BCUT2D eigenvalue weighted by atomic mass is 10.3. The van der Waals surface area contributed by atoms with E-state index in [-0.39, 0.29) is 0 Å². The van der Waals surface area contributed by atoms with Crippen LogP contribution in [0.1, 0.15) is 20.8 Å². The molecule has 7 heteroatoms. The maximum Gasteiger partial charge on any atom is 0.325 e. The van der Waals surface area contributed by atoms with Crippen LogP contribution in [0.25, 0.3) is 0 Å². The number of amides is 2. The van der Waals surface area contributed by atoms with E-state index in [4.69, 9.17) is 14.6 Å². The van der Waals surface area contributed by atoms with E-state index >= 15 is 0 Å². The van der Waals surface area contributed by atoms with Crippen LogP contribution in [0, 0.1) is 0 Å². The molecule has 0 radical (unpaired) electrons. The molecule has 1 atom stereocenters. The summed E-state index contributed by atoms with van der Waals surface area (Å²) < 4.78 is 10.4. The molecule has 0 aliphatic rings. The Morgan fingerprint density at radius 2 is 1.63 bits per heavy atom. The van der Waals surface area contributed by atoms with E-state index in [1.54, 1.807) is 0 Å². The number of rotatable bonds is 10. The Labute approximate surface area is 113 Å². The highest BCUT2D eigenvalue weighted by atomic mass is 16.5. The molecule has 0 aromatic carbocycles. The van der Waals surface area contributed by atoms with Gasteiger partial charge in [0.2, 0.25) is 0 Å². The van der Waals surface area contributed by atoms with Crippen LogP contribution in [0.3, 0.4) is 0 Å². The van der Waals surface area contributed by atoms with E-state index in [1.807, 2.05) is 13.8 Å². The van der Waals surface area contributed by atoms with Crippen molar-refractivity contribution in [1.29, 1.82) is 0 Å². The normalized spacial score (nSPS) is 11.9. The fourth-order valence-corrected chi connectivity index (χ4v) is 1.29. The second-order valence-electron chi connectivity index (χ2n) is 3.89. The molecule has 0 fully saturated rings. The summed E-state index contributed by atoms with van der Waals surface area (Å²) in [6.07, 6.45) is 0. The van der Waals surface area contributed by atoms with Crippen molar-refractivity contribution in [2.75, 3.05) is 39.5 Å². The van der Waals surface area contributed by atoms with Gasteiger partial charge in [-0.25, -0.2) is 4.79 Å². The maximum absolute atomic E-state index is 11.9. The van der Waals surface area contributed by atoms with Crippen LogP contribution in [-0.4, -0.2) is 67.6 Å². The number of aliphatic carboxylic acids is 1. The van der Waals surface area contributed by atoms with E-state index < -0.39 is 18.0 Å². The van der Waals surface area contributed by atoms with Crippen LogP contribution < -0.4 is 5.32 Å². The zero-order chi connectivity index (χ0) is 14.7. The second kappa shape index (κ2) is 10.6. The summed E-state index contributed by atoms with van der Waals surface area (Å²) in [7, 11) is 0. The molecule has 7 nitrogen and oxygen atoms in total. The third kappa shape index (κ3) is 8.39. The molecule has 0 aromatic heterocycles. The number of carbonyl (C=O) groups is 2. The van der Waals surface area contributed by atoms with Gasteiger partial charge in [0.1, 0.15) is 6.04 Å². The maximum atomic E-state index is 11.9. The van der Waals surface area contributed by atoms with E-state index in [1.165, 1.54) is 11.8 Å². The van der Waals surface area contributed by atoms with Gasteiger partial charge in [-0.2, -0.15) is 0 Å². The lowest BCUT2D eigenvalue weighted by Crippen LogP contribution is -2.48. The van der Waals surface area contributed by atoms with Crippen LogP contribution in [0.5, 0.6) is 0 Å². The molecule has 0 saturated heterocycles. The Kier molecular flexibility index (Phi) is 9.82. The lowest BCUT2D eigenvalue weighted by Gasteiger charge is -2.24. The average molecular weight is 276 g/mol. The SMILES string of the molecule is CCOCCN(CCOCC)C(=O)N[C@H](C)C(=O)O. The van der Waals surface area contributed by atoms with Crippen LogP contribution in [0.2, 0.25) is 0 Å². The van der Waals surface area contributed by atoms with E-state index in [9.17, 15) is 9.59 Å². The number of hydrogen-bond acceptors (Lipinski definition) is 4. The first-order valence-electron chi connectivity index (χ1n) is 6.46. The minimum atomic E-state index is -1.07. The van der Waals surface area contributed by atoms with Crippen LogP contribution in [0.4, 0.5) is 4.79 Å². The summed E-state index contributed by atoms with van der Waals surface area (Å²) >= 11 is 0. The molecule has 0 aliphatic carbocycles. The smallest absolute Gasteiger partial charge is 0.325 e. The quantitative estimate of drug-likeness (QED) is 0.569. The molecular formula is C12H24N2O5. The summed E-state index contributed by atoms with van der Waals surface area (Å²) in [5.41, 5.74) is 0. The fraction of sp³-hybridized carbons (Fsp3) is 0.833. The summed E-state index contributed by atoms with van der Waals surface area (Å²) in [6, 6.07) is -1.34. The van der Waals surface area contributed by atoms with Crippen LogP contribution in [0.15, 0.2) is 0 Å². The molecule has 19 heavy (non-hydrogen) atoms. The first-order chi connectivity index (χ1) is 9.02. The first kappa shape index (κ1) is 17.7. The van der Waals surface area contributed by atoms with E-state index in [2.05, 4.69) is 5.32 Å². The molecular weight excluding hydrogens is 252 g/mol. The minimum absolute atomic E-state index is 0.402. The highest BCUT2D eigenvalue weighted by molar-refractivity contribution is 5.82. The van der Waals surface area contributed by atoms with Crippen molar-refractivity contribution in [2.45, 2.75) is 26.8 Å². The van der Waals surface area contributed by atoms with Crippen molar-refractivity contribution in [3.8, 4) is 0 Å². The number of carboxylic acids is 1. The Morgan fingerprint density at radius 1 is 1.16 bits per heavy atom. The Hall–Kier alpha value is -1.34. The lowest BCUT2D eigenvalue weighted by molar-refractivity contribution is -0.138. The third-order valence-corrected chi connectivity index (χ3v) is 2.42. The largest absolute Gasteiger partial charge is 0.480 e. The number of nitrogens with zero attached hydrogens (tertiary/aromatic N) is 1. The van der Waals surface area contributed by atoms with Gasteiger partial charge in [0, 0.05) is 26.3 Å². The number of urea groups is 1. The van der Waals surface area contributed by atoms with Gasteiger partial charge in [-0.1, -0.05) is 0 Å². The van der Waals surface area contributed by atoms with Gasteiger partial charge in [0.15, 0.2) is 0 Å². The number of carbonyl (C=O) groups excluding carboxylic acids is 1. The van der Waals surface area contributed by atoms with Gasteiger partial charge in [-0.05, 0) is 20.8 Å². The van der Waals surface area contributed by atoms with Crippen LogP contribution >= 0.6 is 0 Å². The number of nitrogens with one attached hydrogen (secondary N) is 1. The van der Waals surface area contributed by atoms with Gasteiger partial charge < -0.3 is 24.8 Å². The Balaban J connectivity index is 4.26. The zero-order valence-corrected chi connectivity index (χ0v) is 11.8. The molecule has 2 N–H and O–H groups in total. The second-order valence-corrected chi connectivity index (χ2v) is 3.89. The molecule has 2 amide bonds. The molecule has 0 saturated carbocycles. The predicted octanol–water partition coefficient (Wildman–Crippen LogP) is 0.544. The molecule has 0 unspecified atom stereocenters. The zero-order valence-electron chi connectivity index (χ0n) is 11.8. The van der Waals surface area contributed by atoms with Crippen LogP contribution in [-0.2, 0) is 14.3 Å². The highest BCUT2D eigenvalue weighted by Crippen LogP contribution is 1.94. The number of ether oxygens (including phenoxy) is 2. The minimum Gasteiger partial charge on any atom is -0.480 e. The van der Waals surface area contributed by atoms with Crippen molar-refractivity contribution in [2.24, 2.45) is 0 Å². The monoisotopic (exact) mass is 276 g/mol. The average Bonchev–Trinajstić information content (AvgIpc) is 2.37. The van der Waals surface area contributed by atoms with Gasteiger partial charge in [0.25, 0.3) is 0 Å². The molecule has 0 rings (SSSR count). The van der Waals surface area contributed by atoms with E-state index in [0.29, 0.717) is 39.5 Å². The topological polar surface area (TPSA) is 88.1 Å². The summed E-state index contributed by atoms with van der Waals surface area (Å²) in [5.74, 6) is -1.07. The van der Waals surface area contributed by atoms with Crippen molar-refractivity contribution in [3.63, 3.8) is 0 Å². The molecule has 112 valence electrons. The first-order valence-corrected chi connectivity index (χ1v) is 6.46. The Bertz CT molecular complexity index is 263. The summed E-state index contributed by atoms with van der Waals surface area (Å²) in [6.45, 7) is 7.95. The third-order valence-electron chi connectivity index (χ3n) is 2.42. The van der Waals surface area contributed by atoms with E-state index in [0.717, 1.165) is 0 Å². The van der Waals surface area contributed by atoms with Crippen molar-refractivity contribution in [3.05, 3.63) is 0 Å². The number of hydrogen-bond donors (Lipinski definition) is 2. The fourth-order valence-electron chi connectivity index (χ4n) is 1.29. The Morgan fingerprint density at radius 3 is 2.00 bits per heavy atom. The number of carboxylic acid groups (broad SMARTS) is 1. The molecule has 0 bridgehead atoms. The standard InChI is InChI=1S/C12H24N2O5/c1-4-18-8-6-14(7-9-19-5-2)12(17)13-10(3)11(15)16/h10H,4-9H2,1-3H3,(H,13,17)(H,15,16)/t10-/m1/s1. The highest BCUT2D eigenvalue weighted by Gasteiger charge is 2.18. The summed E-state index contributed by atoms with van der Waals surface area (Å²) in [4.78, 5) is 24.1. The summed E-state index contributed by atoms with van der Waals surface area (Å²) in [5, 5.41) is 11.2. The molecule has 0 aromatic rings. The van der Waals surface area contributed by atoms with Gasteiger partial charge in [-0.3, -0.25) is 4.79 Å². The van der Waals surface area contributed by atoms with Crippen molar-refractivity contribution >= 4 is 12.0 Å². The predicted molar refractivity (Wildman–Crippen MR) is 70.2 cm³/mol. The van der Waals surface area contributed by atoms with Crippen molar-refractivity contribution in [1.82, 2.24) is 10.2 Å². The molecule has 0 aliphatic heterocycles. The molecule has 0 spiro atoms. The van der Waals surface area contributed by atoms with Gasteiger partial charge in [0.05, 0.1) is 13.2 Å². The molecule has 0 heterocycles. The van der Waals surface area contributed by atoms with Crippen molar-refractivity contribution < 1.29 is 24.2 Å². The van der Waals surface area contributed by atoms with Gasteiger partial charge >= 0.3 is 12.0 Å². The van der Waals surface area contributed by atoms with Gasteiger partial charge in [-0.15, -0.1) is 0 Å².